The van der Waals surface area contributed by atoms with Crippen LogP contribution in [0.1, 0.15) is 22.8 Å². The third kappa shape index (κ3) is 4.58. The molecule has 0 unspecified atom stereocenters. The highest BCUT2D eigenvalue weighted by molar-refractivity contribution is 5.88. The predicted molar refractivity (Wildman–Crippen MR) is 132 cm³/mol. The number of halogens is 1. The molecule has 0 amide bonds. The second-order valence-electron chi connectivity index (χ2n) is 7.97. The van der Waals surface area contributed by atoms with Crippen LogP contribution in [-0.2, 0) is 11.3 Å². The Bertz CT molecular complexity index is 1600. The minimum absolute atomic E-state index is 0.214. The van der Waals surface area contributed by atoms with E-state index < -0.39 is 5.97 Å². The highest BCUT2D eigenvalue weighted by Gasteiger charge is 2.19. The standard InChI is InChI=1S/C26H23FN6O4/c1-4-37-25(34)18-12-28-33(15-18)26-30-21-13-29-32(23(21)24(31-26)36-3)14-17-10-9-16(11-22(17)35-2)19-7-5-6-8-20(19)27/h5-13,15H,4,14H2,1-3H3. The first-order chi connectivity index (χ1) is 18.0. The minimum atomic E-state index is -0.482. The Hall–Kier alpha value is -4.80. The number of esters is 1. The second kappa shape index (κ2) is 10.1. The lowest BCUT2D eigenvalue weighted by molar-refractivity contribution is 0.0526. The molecule has 10 nitrogen and oxygen atoms in total. The van der Waals surface area contributed by atoms with Gasteiger partial charge in [-0.2, -0.15) is 15.2 Å². The lowest BCUT2D eigenvalue weighted by Gasteiger charge is -2.13. The minimum Gasteiger partial charge on any atom is -0.496 e. The monoisotopic (exact) mass is 502 g/mol. The maximum absolute atomic E-state index is 14.3. The van der Waals surface area contributed by atoms with Crippen LogP contribution in [0, 0.1) is 5.82 Å². The fraction of sp³-hybridized carbons (Fsp3) is 0.192. The van der Waals surface area contributed by atoms with Crippen molar-refractivity contribution in [1.29, 1.82) is 0 Å². The van der Waals surface area contributed by atoms with Gasteiger partial charge in [0.25, 0.3) is 5.95 Å². The van der Waals surface area contributed by atoms with E-state index in [0.29, 0.717) is 34.5 Å². The van der Waals surface area contributed by atoms with Crippen molar-refractivity contribution in [2.24, 2.45) is 0 Å². The lowest BCUT2D eigenvalue weighted by Crippen LogP contribution is -2.08. The van der Waals surface area contributed by atoms with Gasteiger partial charge in [-0.3, -0.25) is 4.68 Å². The highest BCUT2D eigenvalue weighted by Crippen LogP contribution is 2.31. The molecule has 0 aliphatic rings. The van der Waals surface area contributed by atoms with Crippen molar-refractivity contribution in [3.05, 3.63) is 78.0 Å². The van der Waals surface area contributed by atoms with E-state index in [0.717, 1.165) is 5.56 Å². The zero-order valence-corrected chi connectivity index (χ0v) is 20.4. The maximum Gasteiger partial charge on any atom is 0.341 e. The molecule has 3 aromatic heterocycles. The van der Waals surface area contributed by atoms with Crippen LogP contribution >= 0.6 is 0 Å². The number of nitrogens with zero attached hydrogens (tertiary/aromatic N) is 6. The van der Waals surface area contributed by atoms with Crippen LogP contribution < -0.4 is 9.47 Å². The summed E-state index contributed by atoms with van der Waals surface area (Å²) in [4.78, 5) is 21.0. The Morgan fingerprint density at radius 3 is 2.62 bits per heavy atom. The number of fused-ring (bicyclic) bond motifs is 1. The highest BCUT2D eigenvalue weighted by atomic mass is 19.1. The van der Waals surface area contributed by atoms with Crippen LogP contribution in [0.3, 0.4) is 0 Å². The molecule has 3 heterocycles. The summed E-state index contributed by atoms with van der Waals surface area (Å²) in [6.45, 7) is 2.32. The molecular formula is C26H23FN6O4. The number of hydrogen-bond acceptors (Lipinski definition) is 8. The first-order valence-electron chi connectivity index (χ1n) is 11.4. The summed E-state index contributed by atoms with van der Waals surface area (Å²) in [7, 11) is 3.07. The molecule has 5 aromatic rings. The molecule has 0 atom stereocenters. The number of carbonyl (C=O) groups is 1. The number of benzene rings is 2. The van der Waals surface area contributed by atoms with Crippen LogP contribution in [0.4, 0.5) is 4.39 Å². The van der Waals surface area contributed by atoms with Gasteiger partial charge in [-0.05, 0) is 24.6 Å². The number of carbonyl (C=O) groups excluding carboxylic acids is 1. The van der Waals surface area contributed by atoms with E-state index in [1.807, 2.05) is 12.1 Å². The first kappa shape index (κ1) is 23.9. The normalized spacial score (nSPS) is 11.0. The van der Waals surface area contributed by atoms with Gasteiger partial charge >= 0.3 is 5.97 Å². The topological polar surface area (TPSA) is 106 Å². The fourth-order valence-corrected chi connectivity index (χ4v) is 3.97. The van der Waals surface area contributed by atoms with Gasteiger partial charge in [-0.1, -0.05) is 30.3 Å². The summed E-state index contributed by atoms with van der Waals surface area (Å²) >= 11 is 0. The fourth-order valence-electron chi connectivity index (χ4n) is 3.97. The molecule has 0 aliphatic heterocycles. The smallest absolute Gasteiger partial charge is 0.341 e. The zero-order chi connectivity index (χ0) is 25.9. The van der Waals surface area contributed by atoms with Crippen molar-refractivity contribution in [3.63, 3.8) is 0 Å². The summed E-state index contributed by atoms with van der Waals surface area (Å²) in [5.74, 6) is 0.298. The molecule has 0 spiro atoms. The molecule has 0 radical (unpaired) electrons. The Labute approximate surface area is 211 Å². The average Bonchev–Trinajstić information content (AvgIpc) is 3.57. The molecule has 11 heteroatoms. The largest absolute Gasteiger partial charge is 0.496 e. The van der Waals surface area contributed by atoms with E-state index in [1.165, 1.54) is 30.3 Å². The average molecular weight is 503 g/mol. The quantitative estimate of drug-likeness (QED) is 0.293. The maximum atomic E-state index is 14.3. The summed E-state index contributed by atoms with van der Waals surface area (Å²) in [6.07, 6.45) is 4.47. The van der Waals surface area contributed by atoms with Crippen molar-refractivity contribution < 1.29 is 23.4 Å². The zero-order valence-electron chi connectivity index (χ0n) is 20.4. The SMILES string of the molecule is CCOC(=O)c1cnn(-c2nc(OC)c3c(cnn3Cc3ccc(-c4ccccc4F)cc3OC)n2)c1. The van der Waals surface area contributed by atoms with Crippen LogP contribution in [0.2, 0.25) is 0 Å². The molecule has 5 rings (SSSR count). The summed E-state index contributed by atoms with van der Waals surface area (Å²) in [5.41, 5.74) is 3.40. The molecule has 188 valence electrons. The lowest BCUT2D eigenvalue weighted by atomic mass is 10.0. The van der Waals surface area contributed by atoms with Gasteiger partial charge in [0.15, 0.2) is 0 Å². The first-order valence-corrected chi connectivity index (χ1v) is 11.4. The number of ether oxygens (including phenoxy) is 3. The van der Waals surface area contributed by atoms with Crippen LogP contribution in [-0.4, -0.2) is 56.3 Å². The van der Waals surface area contributed by atoms with E-state index in [4.69, 9.17) is 14.2 Å². The van der Waals surface area contributed by atoms with E-state index in [9.17, 15) is 9.18 Å². The van der Waals surface area contributed by atoms with E-state index in [-0.39, 0.29) is 29.8 Å². The number of aromatic nitrogens is 6. The predicted octanol–water partition coefficient (Wildman–Crippen LogP) is 4.06. The number of hydrogen-bond donors (Lipinski definition) is 0. The summed E-state index contributed by atoms with van der Waals surface area (Å²) < 4.78 is 33.5. The van der Waals surface area contributed by atoms with Crippen molar-refractivity contribution in [3.8, 4) is 28.7 Å². The van der Waals surface area contributed by atoms with Crippen molar-refractivity contribution in [2.45, 2.75) is 13.5 Å². The van der Waals surface area contributed by atoms with Crippen LogP contribution in [0.5, 0.6) is 11.6 Å². The summed E-state index contributed by atoms with van der Waals surface area (Å²) in [6, 6.07) is 12.1. The molecule has 0 saturated heterocycles. The Morgan fingerprint density at radius 1 is 1.03 bits per heavy atom. The van der Waals surface area contributed by atoms with Gasteiger partial charge in [0, 0.05) is 17.3 Å². The van der Waals surface area contributed by atoms with Gasteiger partial charge in [-0.15, -0.1) is 0 Å². The van der Waals surface area contributed by atoms with Crippen molar-refractivity contribution in [2.75, 3.05) is 20.8 Å². The van der Waals surface area contributed by atoms with E-state index in [1.54, 1.807) is 49.2 Å². The number of methoxy groups -OCH3 is 2. The van der Waals surface area contributed by atoms with Gasteiger partial charge in [-0.25, -0.2) is 18.9 Å². The molecule has 0 fully saturated rings. The Morgan fingerprint density at radius 2 is 1.86 bits per heavy atom. The Balaban J connectivity index is 1.48. The van der Waals surface area contributed by atoms with Crippen LogP contribution in [0.15, 0.2) is 61.1 Å². The molecule has 2 aromatic carbocycles. The van der Waals surface area contributed by atoms with Gasteiger partial charge in [0.1, 0.15) is 22.6 Å². The van der Waals surface area contributed by atoms with E-state index >= 15 is 0 Å². The molecule has 0 saturated carbocycles. The Kier molecular flexibility index (Phi) is 6.50. The molecular weight excluding hydrogens is 479 g/mol. The second-order valence-corrected chi connectivity index (χ2v) is 7.97. The third-order valence-corrected chi connectivity index (χ3v) is 5.73. The molecule has 0 bridgehead atoms. The van der Waals surface area contributed by atoms with E-state index in [2.05, 4.69) is 20.2 Å². The van der Waals surface area contributed by atoms with Gasteiger partial charge in [0.05, 0.1) is 45.3 Å². The van der Waals surface area contributed by atoms with Crippen LogP contribution in [0.25, 0.3) is 28.1 Å². The third-order valence-electron chi connectivity index (χ3n) is 5.73. The van der Waals surface area contributed by atoms with Crippen molar-refractivity contribution >= 4 is 17.0 Å². The summed E-state index contributed by atoms with van der Waals surface area (Å²) in [5, 5.41) is 8.65. The van der Waals surface area contributed by atoms with Gasteiger partial charge < -0.3 is 14.2 Å². The van der Waals surface area contributed by atoms with Gasteiger partial charge in [0.2, 0.25) is 5.88 Å². The molecule has 0 N–H and O–H groups in total. The molecule has 37 heavy (non-hydrogen) atoms. The molecule has 0 aliphatic carbocycles. The number of rotatable bonds is 8. The van der Waals surface area contributed by atoms with Crippen molar-refractivity contribution in [1.82, 2.24) is 29.5 Å².